The van der Waals surface area contributed by atoms with Crippen molar-refractivity contribution in [1.29, 1.82) is 0 Å². The van der Waals surface area contributed by atoms with Crippen molar-refractivity contribution in [3.8, 4) is 11.1 Å². The third-order valence-corrected chi connectivity index (χ3v) is 9.95. The van der Waals surface area contributed by atoms with Crippen molar-refractivity contribution in [3.63, 3.8) is 0 Å². The van der Waals surface area contributed by atoms with E-state index in [4.69, 9.17) is 9.41 Å². The first-order chi connectivity index (χ1) is 23.8. The maximum Gasteiger partial charge on any atom is 0.145 e. The third-order valence-electron chi connectivity index (χ3n) is 9.95. The fourth-order valence-electron chi connectivity index (χ4n) is 7.64. The molecule has 238 valence electrons. The number of aromatic nitrogens is 2. The molecule has 0 spiro atoms. The highest BCUT2D eigenvalue weighted by molar-refractivity contribution is 6.25. The molecule has 49 heavy (non-hydrogen) atoms. The van der Waals surface area contributed by atoms with Gasteiger partial charge in [-0.1, -0.05) is 106 Å². The zero-order chi connectivity index (χ0) is 33.4. The summed E-state index contributed by atoms with van der Waals surface area (Å²) in [6.45, 7) is 11.0. The van der Waals surface area contributed by atoms with Gasteiger partial charge in [0.15, 0.2) is 0 Å². The molecule has 0 aliphatic rings. The lowest BCUT2D eigenvalue weighted by Gasteiger charge is -2.24. The number of furan rings is 1. The number of aryl methyl sites for hydroxylation is 1. The van der Waals surface area contributed by atoms with Crippen LogP contribution in [-0.2, 0) is 0 Å². The predicted molar refractivity (Wildman–Crippen MR) is 209 cm³/mol. The second kappa shape index (κ2) is 10.8. The van der Waals surface area contributed by atoms with Gasteiger partial charge in [0.05, 0.1) is 27.6 Å². The van der Waals surface area contributed by atoms with Gasteiger partial charge in [-0.25, -0.2) is 4.99 Å². The predicted octanol–water partition coefficient (Wildman–Crippen LogP) is 12.7. The number of benzene rings is 6. The highest BCUT2D eigenvalue weighted by atomic mass is 16.3. The van der Waals surface area contributed by atoms with E-state index < -0.39 is 0 Å². The molecule has 9 aromatic rings. The van der Waals surface area contributed by atoms with Crippen molar-refractivity contribution < 1.29 is 4.42 Å². The number of hydrogen-bond acceptors (Lipinski definition) is 2. The van der Waals surface area contributed by atoms with Gasteiger partial charge in [0, 0.05) is 43.4 Å². The summed E-state index contributed by atoms with van der Waals surface area (Å²) in [7, 11) is 0. The summed E-state index contributed by atoms with van der Waals surface area (Å²) in [6, 6.07) is 43.3. The lowest BCUT2D eigenvalue weighted by atomic mass is 9.84. The summed E-state index contributed by atoms with van der Waals surface area (Å²) in [5.41, 5.74) is 11.8. The summed E-state index contributed by atoms with van der Waals surface area (Å²) in [5, 5.41) is 6.93. The molecular weight excluding hydrogens is 599 g/mol. The van der Waals surface area contributed by atoms with Crippen LogP contribution in [0.25, 0.3) is 82.5 Å². The summed E-state index contributed by atoms with van der Waals surface area (Å²) in [4.78, 5) is 9.23. The van der Waals surface area contributed by atoms with E-state index in [1.54, 1.807) is 0 Å². The zero-order valence-corrected chi connectivity index (χ0v) is 28.4. The van der Waals surface area contributed by atoms with Gasteiger partial charge in [-0.3, -0.25) is 4.57 Å². The number of nitrogens with zero attached hydrogens (tertiary/aromatic N) is 2. The van der Waals surface area contributed by atoms with Crippen molar-refractivity contribution in [1.82, 2.24) is 9.55 Å². The van der Waals surface area contributed by atoms with Crippen molar-refractivity contribution >= 4 is 77.1 Å². The van der Waals surface area contributed by atoms with Crippen LogP contribution in [0.5, 0.6) is 0 Å². The van der Waals surface area contributed by atoms with Gasteiger partial charge < -0.3 is 9.40 Å². The van der Waals surface area contributed by atoms with Crippen molar-refractivity contribution in [3.05, 3.63) is 139 Å². The minimum atomic E-state index is -0.184. The van der Waals surface area contributed by atoms with Crippen LogP contribution in [-0.4, -0.2) is 15.3 Å². The van der Waals surface area contributed by atoms with Gasteiger partial charge in [-0.15, -0.1) is 0 Å². The van der Waals surface area contributed by atoms with Gasteiger partial charge in [0.2, 0.25) is 0 Å². The number of para-hydroxylation sites is 3. The van der Waals surface area contributed by atoms with E-state index >= 15 is 0 Å². The summed E-state index contributed by atoms with van der Waals surface area (Å²) < 4.78 is 9.02. The second-order valence-corrected chi connectivity index (χ2v) is 14.1. The van der Waals surface area contributed by atoms with Gasteiger partial charge >= 0.3 is 0 Å². The van der Waals surface area contributed by atoms with E-state index in [9.17, 15) is 0 Å². The SMILES string of the molecule is C/C=C(/N=C(c1ccccc1C)C(C)(C)C)n1c2ccc(-c3cccc4c3[nH]c3ccccc34)cc2c2c3oc4ccccc4c3ccc21. The molecule has 0 saturated carbocycles. The van der Waals surface area contributed by atoms with E-state index in [1.807, 2.05) is 6.07 Å². The Kier molecular flexibility index (Phi) is 6.47. The molecule has 3 heterocycles. The largest absolute Gasteiger partial charge is 0.455 e. The number of hydrogen-bond donors (Lipinski definition) is 1. The van der Waals surface area contributed by atoms with Crippen LogP contribution in [0.3, 0.4) is 0 Å². The average molecular weight is 636 g/mol. The minimum Gasteiger partial charge on any atom is -0.455 e. The fraction of sp³-hybridized carbons (Fsp3) is 0.133. The number of aliphatic imine (C=N–C) groups is 1. The van der Waals surface area contributed by atoms with Crippen LogP contribution in [0, 0.1) is 12.3 Å². The first kappa shape index (κ1) is 29.3. The van der Waals surface area contributed by atoms with Crippen molar-refractivity contribution in [2.75, 3.05) is 0 Å². The van der Waals surface area contributed by atoms with E-state index in [-0.39, 0.29) is 5.41 Å². The molecule has 0 bridgehead atoms. The molecule has 0 unspecified atom stereocenters. The Bertz CT molecular complexity index is 2830. The molecule has 0 atom stereocenters. The van der Waals surface area contributed by atoms with Gasteiger partial charge in [-0.05, 0) is 73.0 Å². The monoisotopic (exact) mass is 635 g/mol. The minimum absolute atomic E-state index is 0.184. The lowest BCUT2D eigenvalue weighted by Crippen LogP contribution is -2.23. The molecule has 3 aromatic heterocycles. The van der Waals surface area contributed by atoms with Crippen LogP contribution in [0.1, 0.15) is 38.8 Å². The molecule has 4 heteroatoms. The first-order valence-electron chi connectivity index (χ1n) is 17.0. The quantitative estimate of drug-likeness (QED) is 0.192. The Labute approximate surface area is 285 Å². The molecule has 9 rings (SSSR count). The molecule has 6 aromatic carbocycles. The van der Waals surface area contributed by atoms with Crippen LogP contribution in [0.4, 0.5) is 0 Å². The molecule has 0 aliphatic heterocycles. The third kappa shape index (κ3) is 4.48. The molecule has 0 aliphatic carbocycles. The number of H-pyrrole nitrogens is 1. The Morgan fingerprint density at radius 2 is 1.45 bits per heavy atom. The summed E-state index contributed by atoms with van der Waals surface area (Å²) in [6.07, 6.45) is 2.13. The molecule has 0 saturated heterocycles. The Morgan fingerprint density at radius 1 is 0.714 bits per heavy atom. The standard InChI is InChI=1S/C45H37N3O/c1-6-40(47-44(45(3,4)5)29-15-8-7-14-27(29)2)48-37-24-22-28(30-18-13-19-33-31-16-9-11-20-36(31)46-42(30)33)26-35(37)41-38(48)25-23-34-32-17-10-12-21-39(32)49-43(34)41/h6-26,46H,1-5H3/b40-6-,47-44?. The summed E-state index contributed by atoms with van der Waals surface area (Å²) >= 11 is 0. The maximum absolute atomic E-state index is 6.70. The Balaban J connectivity index is 1.36. The maximum atomic E-state index is 6.70. The lowest BCUT2D eigenvalue weighted by molar-refractivity contribution is 0.591. The van der Waals surface area contributed by atoms with Gasteiger partial charge in [0.1, 0.15) is 17.0 Å². The smallest absolute Gasteiger partial charge is 0.145 e. The fourth-order valence-corrected chi connectivity index (χ4v) is 7.64. The van der Waals surface area contributed by atoms with Crippen LogP contribution in [0.15, 0.2) is 137 Å². The van der Waals surface area contributed by atoms with E-state index in [0.717, 1.165) is 71.9 Å². The van der Waals surface area contributed by atoms with Gasteiger partial charge in [-0.2, -0.15) is 0 Å². The topological polar surface area (TPSA) is 46.2 Å². The molecule has 0 fully saturated rings. The van der Waals surface area contributed by atoms with E-state index in [2.05, 4.69) is 166 Å². The normalized spacial score (nSPS) is 13.2. The van der Waals surface area contributed by atoms with Crippen LogP contribution >= 0.6 is 0 Å². The molecule has 1 N–H and O–H groups in total. The number of fused-ring (bicyclic) bond motifs is 10. The Morgan fingerprint density at radius 3 is 2.27 bits per heavy atom. The zero-order valence-electron chi connectivity index (χ0n) is 28.4. The summed E-state index contributed by atoms with van der Waals surface area (Å²) in [5.74, 6) is 0.883. The number of rotatable bonds is 4. The van der Waals surface area contributed by atoms with Gasteiger partial charge in [0.25, 0.3) is 0 Å². The second-order valence-electron chi connectivity index (χ2n) is 14.1. The molecule has 0 radical (unpaired) electrons. The molecule has 4 nitrogen and oxygen atoms in total. The van der Waals surface area contributed by atoms with E-state index in [0.29, 0.717) is 0 Å². The average Bonchev–Trinajstić information content (AvgIpc) is 3.78. The number of aromatic amines is 1. The number of allylic oxidation sites excluding steroid dienone is 1. The van der Waals surface area contributed by atoms with Crippen molar-refractivity contribution in [2.45, 2.75) is 34.6 Å². The van der Waals surface area contributed by atoms with E-state index in [1.165, 1.54) is 27.5 Å². The van der Waals surface area contributed by atoms with Crippen molar-refractivity contribution in [2.24, 2.45) is 10.4 Å². The first-order valence-corrected chi connectivity index (χ1v) is 17.0. The number of nitrogens with one attached hydrogen (secondary N) is 1. The Hall–Kier alpha value is -5.87. The molecular formula is C45H37N3O. The highest BCUT2D eigenvalue weighted by Gasteiger charge is 2.25. The highest BCUT2D eigenvalue weighted by Crippen LogP contribution is 2.43. The van der Waals surface area contributed by atoms with Crippen LogP contribution < -0.4 is 0 Å². The molecule has 0 amide bonds. The van der Waals surface area contributed by atoms with Crippen LogP contribution in [0.2, 0.25) is 0 Å².